The van der Waals surface area contributed by atoms with E-state index in [1.54, 1.807) is 29.2 Å². The minimum absolute atomic E-state index is 0.0784. The number of carbonyl (C=O) groups excluding carboxylic acids is 1. The molecule has 1 atom stereocenters. The van der Waals surface area contributed by atoms with E-state index in [0.29, 0.717) is 22.0 Å². The van der Waals surface area contributed by atoms with Crippen LogP contribution in [0.1, 0.15) is 22.8 Å². The number of amides is 1. The minimum atomic E-state index is -3.85. The fraction of sp³-hybridized carbons (Fsp3) is 0.136. The monoisotopic (exact) mass is 460 g/mol. The number of nitrogens with zero attached hydrogens (tertiary/aromatic N) is 1. The van der Waals surface area contributed by atoms with Gasteiger partial charge in [0.05, 0.1) is 10.6 Å². The van der Waals surface area contributed by atoms with E-state index in [1.165, 1.54) is 24.3 Å². The fourth-order valence-electron chi connectivity index (χ4n) is 3.63. The smallest absolute Gasteiger partial charge is 0.261 e. The third-order valence-electron chi connectivity index (χ3n) is 4.93. The molecule has 0 saturated heterocycles. The lowest BCUT2D eigenvalue weighted by atomic mass is 10.1. The zero-order chi connectivity index (χ0) is 21.5. The normalized spacial score (nSPS) is 15.7. The topological polar surface area (TPSA) is 66.5 Å². The molecule has 0 aromatic heterocycles. The highest BCUT2D eigenvalue weighted by Gasteiger charge is 2.32. The van der Waals surface area contributed by atoms with Crippen LogP contribution in [0.25, 0.3) is 0 Å². The van der Waals surface area contributed by atoms with Crippen LogP contribution in [0.2, 0.25) is 10.0 Å². The highest BCUT2D eigenvalue weighted by atomic mass is 35.5. The summed E-state index contributed by atoms with van der Waals surface area (Å²) < 4.78 is 28.2. The summed E-state index contributed by atoms with van der Waals surface area (Å²) in [5, 5.41) is 0.663. The van der Waals surface area contributed by atoms with E-state index in [1.807, 2.05) is 25.1 Å². The second kappa shape index (κ2) is 7.95. The Hall–Kier alpha value is -2.54. The van der Waals surface area contributed by atoms with Crippen molar-refractivity contribution in [3.8, 4) is 0 Å². The maximum Gasteiger partial charge on any atom is 0.261 e. The highest BCUT2D eigenvalue weighted by molar-refractivity contribution is 7.92. The van der Waals surface area contributed by atoms with Crippen LogP contribution in [-0.4, -0.2) is 20.4 Å². The molecule has 3 aromatic carbocycles. The van der Waals surface area contributed by atoms with Gasteiger partial charge in [-0.05, 0) is 67.4 Å². The molecule has 0 radical (unpaired) electrons. The molecule has 0 spiro atoms. The van der Waals surface area contributed by atoms with Gasteiger partial charge in [0.25, 0.3) is 15.9 Å². The van der Waals surface area contributed by atoms with E-state index >= 15 is 0 Å². The quantitative estimate of drug-likeness (QED) is 0.567. The third kappa shape index (κ3) is 4.03. The van der Waals surface area contributed by atoms with Gasteiger partial charge in [-0.3, -0.25) is 9.52 Å². The number of hydrogen-bond acceptors (Lipinski definition) is 3. The Balaban J connectivity index is 1.64. The van der Waals surface area contributed by atoms with Crippen molar-refractivity contribution >= 4 is 50.5 Å². The van der Waals surface area contributed by atoms with Gasteiger partial charge in [0.1, 0.15) is 0 Å². The van der Waals surface area contributed by atoms with Crippen LogP contribution in [0.15, 0.2) is 71.6 Å². The van der Waals surface area contributed by atoms with Crippen molar-refractivity contribution in [2.75, 3.05) is 9.62 Å². The summed E-state index contributed by atoms with van der Waals surface area (Å²) in [4.78, 5) is 14.8. The number of sulfonamides is 1. The second-order valence-electron chi connectivity index (χ2n) is 7.15. The first-order valence-electron chi connectivity index (χ1n) is 9.25. The summed E-state index contributed by atoms with van der Waals surface area (Å²) >= 11 is 11.9. The van der Waals surface area contributed by atoms with Crippen LogP contribution < -0.4 is 9.62 Å². The van der Waals surface area contributed by atoms with E-state index < -0.39 is 10.0 Å². The molecule has 1 aliphatic rings. The van der Waals surface area contributed by atoms with Gasteiger partial charge >= 0.3 is 0 Å². The molecule has 1 aliphatic heterocycles. The van der Waals surface area contributed by atoms with Crippen molar-refractivity contribution in [2.45, 2.75) is 24.3 Å². The Morgan fingerprint density at radius 2 is 1.67 bits per heavy atom. The Morgan fingerprint density at radius 1 is 1.00 bits per heavy atom. The van der Waals surface area contributed by atoms with Crippen molar-refractivity contribution in [1.29, 1.82) is 0 Å². The molecule has 1 amide bonds. The first kappa shape index (κ1) is 20.7. The Bertz CT molecular complexity index is 1210. The van der Waals surface area contributed by atoms with E-state index in [9.17, 15) is 13.2 Å². The Labute approximate surface area is 185 Å². The van der Waals surface area contributed by atoms with Crippen molar-refractivity contribution in [3.63, 3.8) is 0 Å². The summed E-state index contributed by atoms with van der Waals surface area (Å²) in [6.07, 6.45) is 0.570. The van der Waals surface area contributed by atoms with Gasteiger partial charge in [0, 0.05) is 27.3 Å². The fourth-order valence-corrected chi connectivity index (χ4v) is 5.25. The largest absolute Gasteiger partial charge is 0.305 e. The summed E-state index contributed by atoms with van der Waals surface area (Å²) in [5.41, 5.74) is 2.40. The summed E-state index contributed by atoms with van der Waals surface area (Å²) in [6.45, 7) is 1.95. The standard InChI is InChI=1S/C22H18Cl2N2O3S/c1-14-9-16-10-20(30(28,29)25-19-12-17(23)11-18(24)13-19)7-8-21(16)26(14)22(27)15-5-3-2-4-6-15/h2-8,10-14,25H,9H2,1H3/t14-/m0/s1. The number of rotatable bonds is 4. The summed E-state index contributed by atoms with van der Waals surface area (Å²) in [6, 6.07) is 18.2. The molecule has 1 N–H and O–H groups in total. The molecule has 30 heavy (non-hydrogen) atoms. The molecular formula is C22H18Cl2N2O3S. The van der Waals surface area contributed by atoms with Gasteiger partial charge in [-0.1, -0.05) is 41.4 Å². The SMILES string of the molecule is C[C@H]1Cc2cc(S(=O)(=O)Nc3cc(Cl)cc(Cl)c3)ccc2N1C(=O)c1ccccc1. The molecule has 154 valence electrons. The third-order valence-corrected chi connectivity index (χ3v) is 6.75. The number of anilines is 2. The molecule has 0 fully saturated rings. The molecule has 5 nitrogen and oxygen atoms in total. The predicted molar refractivity (Wildman–Crippen MR) is 120 cm³/mol. The highest BCUT2D eigenvalue weighted by Crippen LogP contribution is 2.35. The lowest BCUT2D eigenvalue weighted by Crippen LogP contribution is -2.35. The predicted octanol–water partition coefficient (Wildman–Crippen LogP) is 5.39. The number of hydrogen-bond donors (Lipinski definition) is 1. The minimum Gasteiger partial charge on any atom is -0.305 e. The lowest BCUT2D eigenvalue weighted by Gasteiger charge is -2.23. The second-order valence-corrected chi connectivity index (χ2v) is 9.70. The van der Waals surface area contributed by atoms with Gasteiger partial charge in [-0.25, -0.2) is 8.42 Å². The van der Waals surface area contributed by atoms with Crippen LogP contribution in [0.3, 0.4) is 0 Å². The van der Waals surface area contributed by atoms with Crippen LogP contribution in [0.5, 0.6) is 0 Å². The van der Waals surface area contributed by atoms with Gasteiger partial charge in [0.15, 0.2) is 0 Å². The number of carbonyl (C=O) groups is 1. The van der Waals surface area contributed by atoms with Crippen molar-refractivity contribution < 1.29 is 13.2 Å². The zero-order valence-corrected chi connectivity index (χ0v) is 18.3. The maximum atomic E-state index is 13.0. The van der Waals surface area contributed by atoms with Crippen molar-refractivity contribution in [2.24, 2.45) is 0 Å². The number of fused-ring (bicyclic) bond motifs is 1. The molecule has 4 rings (SSSR count). The van der Waals surface area contributed by atoms with Gasteiger partial charge in [-0.2, -0.15) is 0 Å². The summed E-state index contributed by atoms with van der Waals surface area (Å²) in [7, 11) is -3.85. The molecule has 0 bridgehead atoms. The number of halogens is 2. The number of nitrogens with one attached hydrogen (secondary N) is 1. The van der Waals surface area contributed by atoms with E-state index in [-0.39, 0.29) is 22.5 Å². The van der Waals surface area contributed by atoms with Crippen molar-refractivity contribution in [3.05, 3.63) is 87.9 Å². The zero-order valence-electron chi connectivity index (χ0n) is 16.0. The Morgan fingerprint density at radius 3 is 2.33 bits per heavy atom. The lowest BCUT2D eigenvalue weighted by molar-refractivity contribution is 0.0981. The van der Waals surface area contributed by atoms with E-state index in [4.69, 9.17) is 23.2 Å². The average molecular weight is 461 g/mol. The molecule has 8 heteroatoms. The Kier molecular flexibility index (Phi) is 5.49. The van der Waals surface area contributed by atoms with Crippen LogP contribution in [-0.2, 0) is 16.4 Å². The maximum absolute atomic E-state index is 13.0. The number of benzene rings is 3. The van der Waals surface area contributed by atoms with Gasteiger partial charge in [-0.15, -0.1) is 0 Å². The van der Waals surface area contributed by atoms with Crippen LogP contribution in [0, 0.1) is 0 Å². The summed E-state index contributed by atoms with van der Waals surface area (Å²) in [5.74, 6) is -0.107. The van der Waals surface area contributed by atoms with Crippen LogP contribution >= 0.6 is 23.2 Å². The first-order chi connectivity index (χ1) is 14.2. The average Bonchev–Trinajstić information content (AvgIpc) is 3.01. The molecule has 1 heterocycles. The van der Waals surface area contributed by atoms with E-state index in [0.717, 1.165) is 11.3 Å². The molecular weight excluding hydrogens is 443 g/mol. The molecule has 3 aromatic rings. The van der Waals surface area contributed by atoms with Gasteiger partial charge in [0.2, 0.25) is 0 Å². The molecule has 0 unspecified atom stereocenters. The van der Waals surface area contributed by atoms with Crippen LogP contribution in [0.4, 0.5) is 11.4 Å². The first-order valence-corrected chi connectivity index (χ1v) is 11.5. The molecule has 0 saturated carbocycles. The van der Waals surface area contributed by atoms with Gasteiger partial charge < -0.3 is 4.90 Å². The van der Waals surface area contributed by atoms with E-state index in [2.05, 4.69) is 4.72 Å². The molecule has 0 aliphatic carbocycles. The van der Waals surface area contributed by atoms with Crippen molar-refractivity contribution in [1.82, 2.24) is 0 Å².